The van der Waals surface area contributed by atoms with Crippen LogP contribution in [0.25, 0.3) is 0 Å². The molecule has 0 aromatic heterocycles. The molecule has 1 aromatic rings. The van der Waals surface area contributed by atoms with Crippen molar-refractivity contribution in [1.82, 2.24) is 5.32 Å². The van der Waals surface area contributed by atoms with Crippen LogP contribution in [0.4, 0.5) is 0 Å². The van der Waals surface area contributed by atoms with Crippen molar-refractivity contribution in [2.24, 2.45) is 5.92 Å². The van der Waals surface area contributed by atoms with Crippen molar-refractivity contribution in [1.29, 1.82) is 0 Å². The smallest absolute Gasteiger partial charge is 0.0595 e. The minimum absolute atomic E-state index is 0.620. The molecule has 1 saturated carbocycles. The van der Waals surface area contributed by atoms with E-state index in [1.54, 1.807) is 0 Å². The number of halogens is 2. The van der Waals surface area contributed by atoms with Gasteiger partial charge >= 0.3 is 0 Å². The molecule has 0 aliphatic heterocycles. The lowest BCUT2D eigenvalue weighted by Crippen LogP contribution is -2.24. The van der Waals surface area contributed by atoms with Gasteiger partial charge in [0, 0.05) is 0 Å². The molecule has 0 spiro atoms. The number of nitrogens with one attached hydrogen (secondary N) is 1. The van der Waals surface area contributed by atoms with Crippen molar-refractivity contribution in [2.45, 2.75) is 38.0 Å². The van der Waals surface area contributed by atoms with E-state index >= 15 is 0 Å². The zero-order valence-corrected chi connectivity index (χ0v) is 12.4. The lowest BCUT2D eigenvalue weighted by atomic mass is 9.82. The molecule has 1 N–H and O–H groups in total. The normalized spacial score (nSPS) is 24.8. The molecule has 0 radical (unpaired) electrons. The molecule has 2 unspecified atom stereocenters. The van der Waals surface area contributed by atoms with Gasteiger partial charge < -0.3 is 5.32 Å². The lowest BCUT2D eigenvalue weighted by molar-refractivity contribution is 0.386. The molecule has 2 rings (SSSR count). The van der Waals surface area contributed by atoms with E-state index in [4.69, 9.17) is 23.2 Å². The number of hydrogen-bond donors (Lipinski definition) is 1. The largest absolute Gasteiger partial charge is 0.319 e. The molecule has 3 heteroatoms. The van der Waals surface area contributed by atoms with Gasteiger partial charge in [0.2, 0.25) is 0 Å². The maximum absolute atomic E-state index is 6.15. The van der Waals surface area contributed by atoms with Crippen molar-refractivity contribution >= 4 is 23.2 Å². The Hall–Kier alpha value is -0.240. The van der Waals surface area contributed by atoms with Crippen molar-refractivity contribution in [3.8, 4) is 0 Å². The summed E-state index contributed by atoms with van der Waals surface area (Å²) < 4.78 is 0. The third-order valence-electron chi connectivity index (χ3n) is 4.00. The van der Waals surface area contributed by atoms with Gasteiger partial charge in [-0.2, -0.15) is 0 Å². The van der Waals surface area contributed by atoms with Gasteiger partial charge in [-0.05, 0) is 56.0 Å². The van der Waals surface area contributed by atoms with E-state index < -0.39 is 0 Å². The topological polar surface area (TPSA) is 12.0 Å². The van der Waals surface area contributed by atoms with Crippen LogP contribution in [0, 0.1) is 5.92 Å². The maximum atomic E-state index is 6.15. The summed E-state index contributed by atoms with van der Waals surface area (Å²) in [5.74, 6) is 1.34. The van der Waals surface area contributed by atoms with Gasteiger partial charge in [-0.3, -0.25) is 0 Å². The predicted octanol–water partition coefficient (Wildman–Crippen LogP) is 4.88. The summed E-state index contributed by atoms with van der Waals surface area (Å²) in [5, 5.41) is 4.67. The SMILES string of the molecule is CNCC1CCCCCC1c1ccc(Cl)c(Cl)c1. The quantitative estimate of drug-likeness (QED) is 0.781. The van der Waals surface area contributed by atoms with Gasteiger partial charge in [-0.15, -0.1) is 0 Å². The second-order valence-electron chi connectivity index (χ2n) is 5.24. The van der Waals surface area contributed by atoms with Gasteiger partial charge in [0.1, 0.15) is 0 Å². The summed E-state index contributed by atoms with van der Waals surface area (Å²) in [5.41, 5.74) is 1.35. The lowest BCUT2D eigenvalue weighted by Gasteiger charge is -2.25. The molecular formula is C15H21Cl2N. The van der Waals surface area contributed by atoms with Crippen LogP contribution in [0.15, 0.2) is 18.2 Å². The highest BCUT2D eigenvalue weighted by Crippen LogP contribution is 2.38. The maximum Gasteiger partial charge on any atom is 0.0595 e. The highest BCUT2D eigenvalue weighted by Gasteiger charge is 2.24. The number of rotatable bonds is 3. The summed E-state index contributed by atoms with van der Waals surface area (Å²) in [7, 11) is 2.04. The van der Waals surface area contributed by atoms with E-state index in [0.717, 1.165) is 12.5 Å². The van der Waals surface area contributed by atoms with Gasteiger partial charge in [0.15, 0.2) is 0 Å². The van der Waals surface area contributed by atoms with E-state index in [-0.39, 0.29) is 0 Å². The minimum atomic E-state index is 0.620. The Bertz CT molecular complexity index is 392. The third kappa shape index (κ3) is 3.40. The fourth-order valence-electron chi connectivity index (χ4n) is 3.07. The summed E-state index contributed by atoms with van der Waals surface area (Å²) in [6, 6.07) is 6.13. The fraction of sp³-hybridized carbons (Fsp3) is 0.600. The first-order valence-electron chi connectivity index (χ1n) is 6.82. The Labute approximate surface area is 120 Å². The van der Waals surface area contributed by atoms with Gasteiger partial charge in [-0.25, -0.2) is 0 Å². The molecule has 1 fully saturated rings. The van der Waals surface area contributed by atoms with Gasteiger partial charge in [-0.1, -0.05) is 48.5 Å². The zero-order chi connectivity index (χ0) is 13.0. The van der Waals surface area contributed by atoms with Crippen LogP contribution >= 0.6 is 23.2 Å². The van der Waals surface area contributed by atoms with Crippen LogP contribution in [0.3, 0.4) is 0 Å². The van der Waals surface area contributed by atoms with Crippen molar-refractivity contribution in [3.05, 3.63) is 33.8 Å². The minimum Gasteiger partial charge on any atom is -0.319 e. The van der Waals surface area contributed by atoms with Crippen molar-refractivity contribution in [2.75, 3.05) is 13.6 Å². The second kappa shape index (κ2) is 6.79. The van der Waals surface area contributed by atoms with Gasteiger partial charge in [0.25, 0.3) is 0 Å². The Kier molecular flexibility index (Phi) is 5.35. The Balaban J connectivity index is 2.22. The predicted molar refractivity (Wildman–Crippen MR) is 79.7 cm³/mol. The first-order valence-corrected chi connectivity index (χ1v) is 7.57. The molecule has 1 aliphatic carbocycles. The molecule has 0 amide bonds. The molecule has 0 bridgehead atoms. The Morgan fingerprint density at radius 2 is 1.89 bits per heavy atom. The molecular weight excluding hydrogens is 265 g/mol. The van der Waals surface area contributed by atoms with Crippen LogP contribution in [-0.2, 0) is 0 Å². The summed E-state index contributed by atoms with van der Waals surface area (Å²) in [6.07, 6.45) is 6.61. The van der Waals surface area contributed by atoms with E-state index in [1.165, 1.54) is 37.7 Å². The second-order valence-corrected chi connectivity index (χ2v) is 6.05. The highest BCUT2D eigenvalue weighted by molar-refractivity contribution is 6.42. The van der Waals surface area contributed by atoms with E-state index in [1.807, 2.05) is 13.1 Å². The highest BCUT2D eigenvalue weighted by atomic mass is 35.5. The van der Waals surface area contributed by atoms with Crippen LogP contribution in [0.1, 0.15) is 43.6 Å². The number of hydrogen-bond acceptors (Lipinski definition) is 1. The van der Waals surface area contributed by atoms with E-state index in [0.29, 0.717) is 16.0 Å². The first-order chi connectivity index (χ1) is 8.72. The average molecular weight is 286 g/mol. The van der Waals surface area contributed by atoms with Crippen LogP contribution in [-0.4, -0.2) is 13.6 Å². The number of benzene rings is 1. The summed E-state index contributed by atoms with van der Waals surface area (Å²) in [6.45, 7) is 1.09. The molecule has 2 atom stereocenters. The molecule has 1 aromatic carbocycles. The molecule has 1 nitrogen and oxygen atoms in total. The first kappa shape index (κ1) is 14.2. The van der Waals surface area contributed by atoms with E-state index in [9.17, 15) is 0 Å². The molecule has 1 aliphatic rings. The Morgan fingerprint density at radius 1 is 1.11 bits per heavy atom. The zero-order valence-electron chi connectivity index (χ0n) is 10.9. The van der Waals surface area contributed by atoms with Crippen molar-refractivity contribution in [3.63, 3.8) is 0 Å². The van der Waals surface area contributed by atoms with Crippen molar-refractivity contribution < 1.29 is 0 Å². The monoisotopic (exact) mass is 285 g/mol. The summed E-state index contributed by atoms with van der Waals surface area (Å²) >= 11 is 12.2. The fourth-order valence-corrected chi connectivity index (χ4v) is 3.38. The standard InChI is InChI=1S/C15H21Cl2N/c1-18-10-12-5-3-2-4-6-13(12)11-7-8-14(16)15(17)9-11/h7-9,12-13,18H,2-6,10H2,1H3. The third-order valence-corrected chi connectivity index (χ3v) is 4.74. The van der Waals surface area contributed by atoms with Crippen LogP contribution in [0.2, 0.25) is 10.0 Å². The van der Waals surface area contributed by atoms with E-state index in [2.05, 4.69) is 17.4 Å². The van der Waals surface area contributed by atoms with Crippen LogP contribution in [0.5, 0.6) is 0 Å². The molecule has 18 heavy (non-hydrogen) atoms. The summed E-state index contributed by atoms with van der Waals surface area (Å²) in [4.78, 5) is 0. The van der Waals surface area contributed by atoms with Crippen LogP contribution < -0.4 is 5.32 Å². The Morgan fingerprint density at radius 3 is 2.61 bits per heavy atom. The average Bonchev–Trinajstić information content (AvgIpc) is 2.59. The molecule has 0 heterocycles. The van der Waals surface area contributed by atoms with Gasteiger partial charge in [0.05, 0.1) is 10.0 Å². The molecule has 100 valence electrons. The molecule has 0 saturated heterocycles.